The molecule has 0 saturated carbocycles. The minimum atomic E-state index is -4.77. The Morgan fingerprint density at radius 1 is 1.29 bits per heavy atom. The van der Waals surface area contributed by atoms with E-state index in [0.29, 0.717) is 5.56 Å². The lowest BCUT2D eigenvalue weighted by molar-refractivity contribution is -0.274. The van der Waals surface area contributed by atoms with Gasteiger partial charge in [-0.25, -0.2) is 0 Å². The van der Waals surface area contributed by atoms with E-state index < -0.39 is 24.2 Å². The Labute approximate surface area is 115 Å². The smallest absolute Gasteiger partial charge is 0.406 e. The Kier molecular flexibility index (Phi) is 3.80. The highest BCUT2D eigenvalue weighted by Crippen LogP contribution is 2.25. The van der Waals surface area contributed by atoms with Crippen molar-refractivity contribution in [2.75, 3.05) is 0 Å². The molecule has 1 aromatic heterocycles. The lowest BCUT2D eigenvalue weighted by Gasteiger charge is -2.11. The fraction of sp³-hybridized carbons (Fsp3) is 0.182. The second-order valence-corrected chi connectivity index (χ2v) is 3.92. The van der Waals surface area contributed by atoms with Gasteiger partial charge in [0.1, 0.15) is 5.75 Å². The van der Waals surface area contributed by atoms with Gasteiger partial charge in [-0.1, -0.05) is 17.3 Å². The zero-order valence-corrected chi connectivity index (χ0v) is 10.3. The third-order valence-corrected chi connectivity index (χ3v) is 2.40. The number of rotatable bonds is 4. The van der Waals surface area contributed by atoms with Crippen LogP contribution in [0.25, 0.3) is 0 Å². The molecule has 4 N–H and O–H groups in total. The molecule has 2 aromatic rings. The number of alkyl halides is 3. The fourth-order valence-corrected chi connectivity index (χ4v) is 1.49. The molecule has 0 aliphatic rings. The number of primary amides is 1. The van der Waals surface area contributed by atoms with Crippen molar-refractivity contribution in [2.24, 2.45) is 11.5 Å². The maximum atomic E-state index is 12.0. The van der Waals surface area contributed by atoms with Gasteiger partial charge in [-0.2, -0.15) is 4.98 Å². The van der Waals surface area contributed by atoms with Crippen molar-refractivity contribution >= 4 is 5.91 Å². The Bertz CT molecular complexity index is 639. The fourth-order valence-electron chi connectivity index (χ4n) is 1.49. The second kappa shape index (κ2) is 5.40. The van der Waals surface area contributed by atoms with Crippen molar-refractivity contribution in [1.29, 1.82) is 0 Å². The first-order chi connectivity index (χ1) is 9.76. The largest absolute Gasteiger partial charge is 0.573 e. The lowest BCUT2D eigenvalue weighted by atomic mass is 10.1. The van der Waals surface area contributed by atoms with Gasteiger partial charge in [-0.05, 0) is 17.7 Å². The highest BCUT2D eigenvalue weighted by atomic mass is 19.4. The number of hydrogen-bond donors (Lipinski definition) is 2. The molecule has 112 valence electrons. The summed E-state index contributed by atoms with van der Waals surface area (Å²) in [5.41, 5.74) is 11.2. The number of carbonyl (C=O) groups is 1. The summed E-state index contributed by atoms with van der Waals surface area (Å²) >= 11 is 0. The molecule has 0 bridgehead atoms. The van der Waals surface area contributed by atoms with Gasteiger partial charge in [-0.3, -0.25) is 4.79 Å². The van der Waals surface area contributed by atoms with E-state index in [2.05, 4.69) is 19.4 Å². The lowest BCUT2D eigenvalue weighted by Crippen LogP contribution is -2.17. The number of aromatic nitrogens is 2. The standard InChI is InChI=1S/C11H9F3N4O3/c12-11(13,14)20-6-3-1-5(2-4-6)7(15)9-17-10(8(16)19)21-18-9/h1-4,7H,15H2,(H2,16,19). The molecule has 0 saturated heterocycles. The third-order valence-electron chi connectivity index (χ3n) is 2.40. The SMILES string of the molecule is NC(=O)c1nc(C(N)c2ccc(OC(F)(F)F)cc2)no1. The van der Waals surface area contributed by atoms with E-state index in [1.807, 2.05) is 0 Å². The number of nitrogens with zero attached hydrogens (tertiary/aromatic N) is 2. The zero-order chi connectivity index (χ0) is 15.6. The highest BCUT2D eigenvalue weighted by Gasteiger charge is 2.31. The van der Waals surface area contributed by atoms with Gasteiger partial charge in [0.2, 0.25) is 0 Å². The van der Waals surface area contributed by atoms with Crippen molar-refractivity contribution in [3.8, 4) is 5.75 Å². The molecule has 1 amide bonds. The van der Waals surface area contributed by atoms with Crippen LogP contribution >= 0.6 is 0 Å². The van der Waals surface area contributed by atoms with Gasteiger partial charge in [0.25, 0.3) is 0 Å². The van der Waals surface area contributed by atoms with Crippen LogP contribution in [0, 0.1) is 0 Å². The molecule has 0 aliphatic heterocycles. The van der Waals surface area contributed by atoms with Crippen molar-refractivity contribution in [2.45, 2.75) is 12.4 Å². The summed E-state index contributed by atoms with van der Waals surface area (Å²) in [4.78, 5) is 14.5. The summed E-state index contributed by atoms with van der Waals surface area (Å²) in [6.45, 7) is 0. The van der Waals surface area contributed by atoms with E-state index in [4.69, 9.17) is 11.5 Å². The van der Waals surface area contributed by atoms with Crippen LogP contribution in [-0.2, 0) is 0 Å². The van der Waals surface area contributed by atoms with Gasteiger partial charge < -0.3 is 20.7 Å². The summed E-state index contributed by atoms with van der Waals surface area (Å²) in [7, 11) is 0. The molecule has 1 unspecified atom stereocenters. The van der Waals surface area contributed by atoms with Gasteiger partial charge in [0.15, 0.2) is 5.82 Å². The van der Waals surface area contributed by atoms with E-state index in [9.17, 15) is 18.0 Å². The van der Waals surface area contributed by atoms with Gasteiger partial charge in [0.05, 0.1) is 6.04 Å². The minimum Gasteiger partial charge on any atom is -0.406 e. The van der Waals surface area contributed by atoms with E-state index in [1.54, 1.807) is 0 Å². The zero-order valence-electron chi connectivity index (χ0n) is 10.3. The third kappa shape index (κ3) is 3.69. The molecule has 1 aromatic carbocycles. The molecule has 2 rings (SSSR count). The Balaban J connectivity index is 2.15. The number of carbonyl (C=O) groups excluding carboxylic acids is 1. The monoisotopic (exact) mass is 302 g/mol. The van der Waals surface area contributed by atoms with Crippen LogP contribution in [0.15, 0.2) is 28.8 Å². The van der Waals surface area contributed by atoms with Crippen molar-refractivity contribution in [1.82, 2.24) is 10.1 Å². The molecule has 1 heterocycles. The Morgan fingerprint density at radius 3 is 2.38 bits per heavy atom. The number of hydrogen-bond acceptors (Lipinski definition) is 6. The summed E-state index contributed by atoms with van der Waals surface area (Å²) in [6, 6.07) is 3.93. The van der Waals surface area contributed by atoms with Gasteiger partial charge >= 0.3 is 18.2 Å². The number of benzene rings is 1. The number of ether oxygens (including phenoxy) is 1. The summed E-state index contributed by atoms with van der Waals surface area (Å²) in [5, 5.41) is 3.47. The quantitative estimate of drug-likeness (QED) is 0.873. The van der Waals surface area contributed by atoms with Gasteiger partial charge in [-0.15, -0.1) is 13.2 Å². The van der Waals surface area contributed by atoms with Crippen LogP contribution in [-0.4, -0.2) is 22.4 Å². The minimum absolute atomic E-state index is 0.0201. The van der Waals surface area contributed by atoms with Crippen LogP contribution in [0.2, 0.25) is 0 Å². The molecular weight excluding hydrogens is 293 g/mol. The average molecular weight is 302 g/mol. The molecule has 0 spiro atoms. The predicted octanol–water partition coefficient (Wildman–Crippen LogP) is 1.12. The van der Waals surface area contributed by atoms with E-state index in [0.717, 1.165) is 12.1 Å². The first-order valence-corrected chi connectivity index (χ1v) is 5.51. The molecule has 10 heteroatoms. The van der Waals surface area contributed by atoms with E-state index in [1.165, 1.54) is 12.1 Å². The van der Waals surface area contributed by atoms with E-state index in [-0.39, 0.29) is 11.6 Å². The summed E-state index contributed by atoms with van der Waals surface area (Å²) in [6.07, 6.45) is -4.77. The number of nitrogens with two attached hydrogens (primary N) is 2. The molecule has 21 heavy (non-hydrogen) atoms. The topological polar surface area (TPSA) is 117 Å². The molecule has 7 nitrogen and oxygen atoms in total. The second-order valence-electron chi connectivity index (χ2n) is 3.92. The first-order valence-electron chi connectivity index (χ1n) is 5.51. The van der Waals surface area contributed by atoms with Crippen LogP contribution in [0.4, 0.5) is 13.2 Å². The van der Waals surface area contributed by atoms with Crippen molar-refractivity contribution in [3.05, 3.63) is 41.5 Å². The predicted molar refractivity (Wildman–Crippen MR) is 62.0 cm³/mol. The number of amides is 1. The van der Waals surface area contributed by atoms with Crippen LogP contribution in [0.5, 0.6) is 5.75 Å². The molecule has 0 fully saturated rings. The molecule has 0 aliphatic carbocycles. The highest BCUT2D eigenvalue weighted by molar-refractivity contribution is 5.87. The van der Waals surface area contributed by atoms with Crippen LogP contribution in [0.1, 0.15) is 28.1 Å². The van der Waals surface area contributed by atoms with Crippen LogP contribution in [0.3, 0.4) is 0 Å². The maximum Gasteiger partial charge on any atom is 0.573 e. The van der Waals surface area contributed by atoms with Crippen LogP contribution < -0.4 is 16.2 Å². The number of halogens is 3. The van der Waals surface area contributed by atoms with Crippen molar-refractivity contribution < 1.29 is 27.2 Å². The molecule has 1 atom stereocenters. The molecular formula is C11H9F3N4O3. The average Bonchev–Trinajstić information content (AvgIpc) is 2.86. The maximum absolute atomic E-state index is 12.0. The summed E-state index contributed by atoms with van der Waals surface area (Å²) < 4.78 is 44.4. The normalized spacial score (nSPS) is 13.0. The molecule has 0 radical (unpaired) electrons. The van der Waals surface area contributed by atoms with Crippen molar-refractivity contribution in [3.63, 3.8) is 0 Å². The Hall–Kier alpha value is -2.62. The Morgan fingerprint density at radius 2 is 1.90 bits per heavy atom. The summed E-state index contributed by atoms with van der Waals surface area (Å²) in [5.74, 6) is -1.72. The van der Waals surface area contributed by atoms with Gasteiger partial charge in [0, 0.05) is 0 Å². The van der Waals surface area contributed by atoms with E-state index >= 15 is 0 Å². The first kappa shape index (κ1) is 14.8.